The lowest BCUT2D eigenvalue weighted by Gasteiger charge is -2.44. The Bertz CT molecular complexity index is 1250. The summed E-state index contributed by atoms with van der Waals surface area (Å²) in [4.78, 5) is 40.2. The maximum atomic E-state index is 13.4. The van der Waals surface area contributed by atoms with Crippen LogP contribution in [0.2, 0.25) is 5.02 Å². The van der Waals surface area contributed by atoms with Crippen LogP contribution in [0, 0.1) is 0 Å². The highest BCUT2D eigenvalue weighted by molar-refractivity contribution is 6.30. The van der Waals surface area contributed by atoms with Crippen LogP contribution in [0.1, 0.15) is 62.0 Å². The summed E-state index contributed by atoms with van der Waals surface area (Å²) in [5, 5.41) is 9.99. The van der Waals surface area contributed by atoms with Crippen LogP contribution in [0.15, 0.2) is 71.1 Å². The molecule has 2 aromatic rings. The molecule has 5 rings (SSSR count). The molecule has 36 heavy (non-hydrogen) atoms. The Labute approximate surface area is 215 Å². The van der Waals surface area contributed by atoms with Gasteiger partial charge in [0, 0.05) is 58.4 Å². The van der Waals surface area contributed by atoms with Gasteiger partial charge < -0.3 is 14.7 Å². The second-order valence-electron chi connectivity index (χ2n) is 9.46. The van der Waals surface area contributed by atoms with Gasteiger partial charge in [-0.2, -0.15) is 0 Å². The van der Waals surface area contributed by atoms with Gasteiger partial charge in [-0.1, -0.05) is 41.9 Å². The van der Waals surface area contributed by atoms with Gasteiger partial charge >= 0.3 is 5.97 Å². The monoisotopic (exact) mass is 505 g/mol. The van der Waals surface area contributed by atoms with Crippen LogP contribution in [0.4, 0.5) is 0 Å². The number of halogens is 1. The number of ketones is 2. The highest BCUT2D eigenvalue weighted by Gasteiger charge is 2.44. The van der Waals surface area contributed by atoms with E-state index < -0.39 is 11.9 Å². The molecule has 2 aromatic carbocycles. The molecular formula is C29H28ClNO5. The van der Waals surface area contributed by atoms with E-state index in [1.165, 1.54) is 0 Å². The first kappa shape index (κ1) is 24.3. The molecule has 0 saturated carbocycles. The average Bonchev–Trinajstić information content (AvgIpc) is 2.86. The molecule has 1 heterocycles. The van der Waals surface area contributed by atoms with E-state index in [2.05, 4.69) is 0 Å². The van der Waals surface area contributed by atoms with Gasteiger partial charge in [0.15, 0.2) is 11.6 Å². The minimum Gasteiger partial charge on any atom is -0.489 e. The van der Waals surface area contributed by atoms with Crippen LogP contribution in [0.3, 0.4) is 0 Å². The Morgan fingerprint density at radius 1 is 0.944 bits per heavy atom. The summed E-state index contributed by atoms with van der Waals surface area (Å²) in [6, 6.07) is 15.1. The molecule has 0 saturated heterocycles. The summed E-state index contributed by atoms with van der Waals surface area (Å²) in [6.07, 6.45) is 3.60. The van der Waals surface area contributed by atoms with Crippen molar-refractivity contribution in [2.24, 2.45) is 0 Å². The predicted molar refractivity (Wildman–Crippen MR) is 136 cm³/mol. The molecule has 0 unspecified atom stereocenters. The molecule has 0 aromatic heterocycles. The quantitative estimate of drug-likeness (QED) is 0.511. The number of aliphatic carboxylic acids is 1. The second kappa shape index (κ2) is 10.3. The standard InChI is InChI=1S/C29H28ClNO5/c30-19-7-3-6-18(16-19)17-36-25-13-2-1-8-20(25)27-28-21(9-4-11-23(28)32)31(15-14-26(34)35)22-10-5-12-24(33)29(22)27/h1-3,6-8,13,16,27H,4-5,9-12,14-15,17H2,(H,34,35). The number of ether oxygens (including phenoxy) is 1. The van der Waals surface area contributed by atoms with Gasteiger partial charge in [0.25, 0.3) is 0 Å². The van der Waals surface area contributed by atoms with Crippen LogP contribution in [-0.4, -0.2) is 34.1 Å². The van der Waals surface area contributed by atoms with Crippen LogP contribution in [0.5, 0.6) is 5.75 Å². The number of benzene rings is 2. The molecule has 6 nitrogen and oxygen atoms in total. The number of carboxylic acids is 1. The highest BCUT2D eigenvalue weighted by atomic mass is 35.5. The summed E-state index contributed by atoms with van der Waals surface area (Å²) in [5.41, 5.74) is 4.70. The van der Waals surface area contributed by atoms with Gasteiger partial charge in [0.1, 0.15) is 12.4 Å². The molecule has 0 atom stereocenters. The molecule has 0 spiro atoms. The second-order valence-corrected chi connectivity index (χ2v) is 9.90. The zero-order valence-electron chi connectivity index (χ0n) is 20.0. The van der Waals surface area contributed by atoms with Crippen molar-refractivity contribution < 1.29 is 24.2 Å². The van der Waals surface area contributed by atoms with E-state index in [0.717, 1.165) is 35.4 Å². The third-order valence-electron chi connectivity index (χ3n) is 7.15. The number of carboxylic acid groups (broad SMARTS) is 1. The van der Waals surface area contributed by atoms with Gasteiger partial charge in [-0.3, -0.25) is 14.4 Å². The van der Waals surface area contributed by atoms with E-state index in [9.17, 15) is 19.5 Å². The molecule has 1 N–H and O–H groups in total. The number of rotatable bonds is 7. The highest BCUT2D eigenvalue weighted by Crippen LogP contribution is 2.50. The lowest BCUT2D eigenvalue weighted by molar-refractivity contribution is -0.137. The summed E-state index contributed by atoms with van der Waals surface area (Å²) in [6.45, 7) is 0.557. The van der Waals surface area contributed by atoms with Gasteiger partial charge in [-0.25, -0.2) is 0 Å². The van der Waals surface area contributed by atoms with Gasteiger partial charge in [-0.05, 0) is 49.4 Å². The van der Waals surface area contributed by atoms with Crippen LogP contribution >= 0.6 is 11.6 Å². The first-order valence-electron chi connectivity index (χ1n) is 12.4. The van der Waals surface area contributed by atoms with E-state index in [0.29, 0.717) is 54.2 Å². The molecule has 0 radical (unpaired) electrons. The maximum Gasteiger partial charge on any atom is 0.305 e. The molecule has 2 aliphatic carbocycles. The molecule has 3 aliphatic rings. The average molecular weight is 506 g/mol. The van der Waals surface area contributed by atoms with Gasteiger partial charge in [0.2, 0.25) is 0 Å². The number of carbonyl (C=O) groups is 3. The van der Waals surface area contributed by atoms with E-state index in [4.69, 9.17) is 16.3 Å². The molecular weight excluding hydrogens is 478 g/mol. The van der Waals surface area contributed by atoms with E-state index >= 15 is 0 Å². The fraction of sp³-hybridized carbons (Fsp3) is 0.345. The smallest absolute Gasteiger partial charge is 0.305 e. The van der Waals surface area contributed by atoms with Crippen molar-refractivity contribution in [3.05, 3.63) is 87.2 Å². The van der Waals surface area contributed by atoms with Gasteiger partial charge in [-0.15, -0.1) is 0 Å². The predicted octanol–water partition coefficient (Wildman–Crippen LogP) is 5.81. The van der Waals surface area contributed by atoms with Crippen molar-refractivity contribution in [1.29, 1.82) is 0 Å². The van der Waals surface area contributed by atoms with Crippen molar-refractivity contribution in [2.75, 3.05) is 6.54 Å². The Kier molecular flexibility index (Phi) is 6.97. The molecule has 1 aliphatic heterocycles. The van der Waals surface area contributed by atoms with Crippen molar-refractivity contribution in [2.45, 2.75) is 57.5 Å². The number of hydrogen-bond donors (Lipinski definition) is 1. The molecule has 0 amide bonds. The van der Waals surface area contributed by atoms with Crippen LogP contribution in [0.25, 0.3) is 0 Å². The summed E-state index contributed by atoms with van der Waals surface area (Å²) in [7, 11) is 0. The molecule has 186 valence electrons. The van der Waals surface area contributed by atoms with Crippen molar-refractivity contribution in [3.63, 3.8) is 0 Å². The van der Waals surface area contributed by atoms with E-state index in [1.807, 2.05) is 53.4 Å². The molecule has 0 bridgehead atoms. The van der Waals surface area contributed by atoms with Gasteiger partial charge in [0.05, 0.1) is 6.42 Å². The Morgan fingerprint density at radius 2 is 1.61 bits per heavy atom. The Morgan fingerprint density at radius 3 is 2.25 bits per heavy atom. The first-order chi connectivity index (χ1) is 17.4. The zero-order chi connectivity index (χ0) is 25.2. The van der Waals surface area contributed by atoms with E-state index in [-0.39, 0.29) is 24.5 Å². The van der Waals surface area contributed by atoms with Crippen LogP contribution in [-0.2, 0) is 21.0 Å². The Hall–Kier alpha value is -3.38. The normalized spacial score (nSPS) is 18.3. The SMILES string of the molecule is O=C(O)CCN1C2=C(C(=O)CCC2)C(c2ccccc2OCc2cccc(Cl)c2)C2=C1CCCC2=O. The zero-order valence-corrected chi connectivity index (χ0v) is 20.7. The maximum absolute atomic E-state index is 13.4. The number of allylic oxidation sites excluding steroid dienone is 4. The number of nitrogens with zero attached hydrogens (tertiary/aromatic N) is 1. The Balaban J connectivity index is 1.61. The topological polar surface area (TPSA) is 83.9 Å². The largest absolute Gasteiger partial charge is 0.489 e. The number of hydrogen-bond acceptors (Lipinski definition) is 5. The van der Waals surface area contributed by atoms with Crippen LogP contribution < -0.4 is 4.74 Å². The molecule has 7 heteroatoms. The fourth-order valence-corrected chi connectivity index (χ4v) is 5.86. The van der Waals surface area contributed by atoms with Crippen molar-refractivity contribution >= 4 is 29.1 Å². The summed E-state index contributed by atoms with van der Waals surface area (Å²) < 4.78 is 6.25. The lowest BCUT2D eigenvalue weighted by atomic mass is 9.70. The third-order valence-corrected chi connectivity index (χ3v) is 7.38. The fourth-order valence-electron chi connectivity index (χ4n) is 5.64. The minimum atomic E-state index is -0.898. The minimum absolute atomic E-state index is 0.0242. The summed E-state index contributed by atoms with van der Waals surface area (Å²) in [5.74, 6) is -0.734. The number of Topliss-reactive ketones (excluding diaryl/α,β-unsaturated/α-hetero) is 2. The molecule has 0 fully saturated rings. The van der Waals surface area contributed by atoms with E-state index in [1.54, 1.807) is 0 Å². The number of carbonyl (C=O) groups excluding carboxylic acids is 2. The lowest BCUT2D eigenvalue weighted by Crippen LogP contribution is -2.40. The third kappa shape index (κ3) is 4.70. The summed E-state index contributed by atoms with van der Waals surface area (Å²) >= 11 is 6.14. The van der Waals surface area contributed by atoms with Crippen molar-refractivity contribution in [3.8, 4) is 5.75 Å². The number of para-hydroxylation sites is 1. The van der Waals surface area contributed by atoms with Crippen molar-refractivity contribution in [1.82, 2.24) is 4.90 Å². The first-order valence-corrected chi connectivity index (χ1v) is 12.8.